The molecule has 4 aliphatic carbocycles. The van der Waals surface area contributed by atoms with Crippen molar-refractivity contribution in [2.75, 3.05) is 0 Å². The lowest BCUT2D eigenvalue weighted by Gasteiger charge is -2.23. The summed E-state index contributed by atoms with van der Waals surface area (Å²) in [5.74, 6) is 0. The van der Waals surface area contributed by atoms with E-state index in [1.807, 2.05) is 0 Å². The molecule has 1 nitrogen and oxygen atoms in total. The first kappa shape index (κ1) is 25.4. The topological polar surface area (TPSA) is 4.93 Å². The van der Waals surface area contributed by atoms with E-state index in [0.717, 1.165) is 51.4 Å². The number of fused-ring (bicyclic) bond motifs is 4. The minimum atomic E-state index is 1.09. The van der Waals surface area contributed by atoms with E-state index in [9.17, 15) is 0 Å². The Kier molecular flexibility index (Phi) is 5.55. The number of hydrogen-bond donors (Lipinski definition) is 0. The van der Waals surface area contributed by atoms with Crippen molar-refractivity contribution in [1.82, 2.24) is 4.57 Å². The molecule has 0 radical (unpaired) electrons. The minimum Gasteiger partial charge on any atom is -0.309 e. The fraction of sp³-hybridized carbons (Fsp3) is 0.182. The third-order valence-corrected chi connectivity index (χ3v) is 10.8. The van der Waals surface area contributed by atoms with E-state index in [4.69, 9.17) is 0 Å². The molecule has 5 aromatic carbocycles. The fourth-order valence-corrected chi connectivity index (χ4v) is 8.76. The average Bonchev–Trinajstić information content (AvgIpc) is 3.44. The van der Waals surface area contributed by atoms with E-state index in [-0.39, 0.29) is 0 Å². The molecule has 0 bridgehead atoms. The molecule has 0 amide bonds. The van der Waals surface area contributed by atoms with Gasteiger partial charge in [0.2, 0.25) is 0 Å². The Morgan fingerprint density at radius 3 is 2.00 bits per heavy atom. The van der Waals surface area contributed by atoms with Crippen LogP contribution in [0.25, 0.3) is 72.9 Å². The van der Waals surface area contributed by atoms with Crippen LogP contribution >= 0.6 is 0 Å². The number of aryl methyl sites for hydroxylation is 1. The van der Waals surface area contributed by atoms with E-state index in [1.165, 1.54) is 82.8 Å². The van der Waals surface area contributed by atoms with Crippen LogP contribution in [-0.4, -0.2) is 4.57 Å². The molecule has 10 rings (SSSR count). The van der Waals surface area contributed by atoms with E-state index in [0.29, 0.717) is 0 Å². The monoisotopic (exact) mass is 577 g/mol. The second-order valence-corrected chi connectivity index (χ2v) is 13.3. The minimum absolute atomic E-state index is 1.09. The smallest absolute Gasteiger partial charge is 0.0546 e. The highest BCUT2D eigenvalue weighted by Gasteiger charge is 2.26. The first-order valence-electron chi connectivity index (χ1n) is 16.8. The van der Waals surface area contributed by atoms with Gasteiger partial charge < -0.3 is 4.57 Å². The zero-order valence-corrected chi connectivity index (χ0v) is 25.6. The molecule has 1 aromatic heterocycles. The Hall–Kier alpha value is -4.88. The zero-order chi connectivity index (χ0) is 29.5. The van der Waals surface area contributed by atoms with Crippen LogP contribution < -0.4 is 0 Å². The summed E-state index contributed by atoms with van der Waals surface area (Å²) < 4.78 is 2.58. The Morgan fingerprint density at radius 2 is 1.22 bits per heavy atom. The van der Waals surface area contributed by atoms with Crippen LogP contribution in [0.4, 0.5) is 0 Å². The van der Waals surface area contributed by atoms with Crippen molar-refractivity contribution in [2.45, 2.75) is 51.4 Å². The predicted octanol–water partition coefficient (Wildman–Crippen LogP) is 11.7. The normalized spacial score (nSPS) is 16.8. The molecule has 6 aromatic rings. The third-order valence-electron chi connectivity index (χ3n) is 10.8. The first-order valence-corrected chi connectivity index (χ1v) is 16.8. The number of aromatic nitrogens is 1. The molecule has 4 aliphatic rings. The maximum absolute atomic E-state index is 2.58. The lowest BCUT2D eigenvalue weighted by Crippen LogP contribution is -2.04. The molecule has 0 saturated carbocycles. The molecular formula is C44H35N. The quantitative estimate of drug-likeness (QED) is 0.184. The van der Waals surface area contributed by atoms with Crippen LogP contribution in [0.15, 0.2) is 97.1 Å². The molecule has 45 heavy (non-hydrogen) atoms. The molecule has 216 valence electrons. The van der Waals surface area contributed by atoms with E-state index in [2.05, 4.69) is 120 Å². The van der Waals surface area contributed by atoms with Gasteiger partial charge in [-0.25, -0.2) is 0 Å². The highest BCUT2D eigenvalue weighted by molar-refractivity contribution is 6.28. The van der Waals surface area contributed by atoms with Crippen molar-refractivity contribution in [2.24, 2.45) is 0 Å². The summed E-state index contributed by atoms with van der Waals surface area (Å²) in [7, 11) is 0. The number of benzene rings is 5. The number of nitrogens with zero attached hydrogens (tertiary/aromatic N) is 1. The van der Waals surface area contributed by atoms with Crippen LogP contribution in [0.3, 0.4) is 0 Å². The van der Waals surface area contributed by atoms with Gasteiger partial charge in [0.1, 0.15) is 0 Å². The van der Waals surface area contributed by atoms with Gasteiger partial charge >= 0.3 is 0 Å². The van der Waals surface area contributed by atoms with Crippen LogP contribution in [0, 0.1) is 0 Å². The Bertz CT molecular complexity index is 2320. The van der Waals surface area contributed by atoms with Gasteiger partial charge in [0.25, 0.3) is 0 Å². The summed E-state index contributed by atoms with van der Waals surface area (Å²) in [6.45, 7) is 0. The van der Waals surface area contributed by atoms with Crippen molar-refractivity contribution in [3.05, 3.63) is 136 Å². The van der Waals surface area contributed by atoms with E-state index < -0.39 is 0 Å². The second kappa shape index (κ2) is 9.81. The number of allylic oxidation sites excluding steroid dienone is 7. The van der Waals surface area contributed by atoms with Crippen LogP contribution in [0.1, 0.15) is 71.3 Å². The molecule has 1 heterocycles. The second-order valence-electron chi connectivity index (χ2n) is 13.3. The first-order chi connectivity index (χ1) is 22.3. The average molecular weight is 578 g/mol. The summed E-state index contributed by atoms with van der Waals surface area (Å²) >= 11 is 0. The van der Waals surface area contributed by atoms with Gasteiger partial charge in [0.05, 0.1) is 5.69 Å². The van der Waals surface area contributed by atoms with Crippen LogP contribution in [0.2, 0.25) is 0 Å². The summed E-state index contributed by atoms with van der Waals surface area (Å²) in [5, 5.41) is 8.14. The van der Waals surface area contributed by atoms with Crippen molar-refractivity contribution < 1.29 is 0 Å². The van der Waals surface area contributed by atoms with Gasteiger partial charge in [-0.15, -0.1) is 0 Å². The molecule has 0 atom stereocenters. The Labute approximate surface area is 264 Å². The Morgan fingerprint density at radius 1 is 0.533 bits per heavy atom. The molecular weight excluding hydrogens is 542 g/mol. The van der Waals surface area contributed by atoms with Gasteiger partial charge in [-0.05, 0) is 159 Å². The molecule has 0 saturated heterocycles. The summed E-state index contributed by atoms with van der Waals surface area (Å²) in [5.41, 5.74) is 15.6. The highest BCUT2D eigenvalue weighted by Crippen LogP contribution is 2.47. The fourth-order valence-electron chi connectivity index (χ4n) is 8.76. The third kappa shape index (κ3) is 3.74. The van der Waals surface area contributed by atoms with Gasteiger partial charge in [-0.3, -0.25) is 0 Å². The van der Waals surface area contributed by atoms with Gasteiger partial charge in [-0.1, -0.05) is 78.9 Å². The van der Waals surface area contributed by atoms with Crippen molar-refractivity contribution in [3.63, 3.8) is 0 Å². The maximum Gasteiger partial charge on any atom is 0.0546 e. The number of hydrogen-bond acceptors (Lipinski definition) is 0. The van der Waals surface area contributed by atoms with Crippen molar-refractivity contribution in [3.8, 4) is 16.8 Å². The summed E-state index contributed by atoms with van der Waals surface area (Å²) in [6.07, 6.45) is 30.0. The summed E-state index contributed by atoms with van der Waals surface area (Å²) in [6, 6.07) is 23.9. The molecule has 0 spiro atoms. The van der Waals surface area contributed by atoms with Gasteiger partial charge in [0.15, 0.2) is 0 Å². The number of rotatable bonds is 3. The molecule has 0 aliphatic heterocycles. The van der Waals surface area contributed by atoms with E-state index >= 15 is 0 Å². The molecule has 0 unspecified atom stereocenters. The Balaban J connectivity index is 1.29. The largest absolute Gasteiger partial charge is 0.309 e. The van der Waals surface area contributed by atoms with Gasteiger partial charge in [0, 0.05) is 16.8 Å². The maximum atomic E-state index is 2.58. The standard InChI is InChI=1S/C44H35N/c1-2-12-28(13-3-1)37-24-29-14-4-5-15-30(29)25-39(37)38-26-31-16-11-21-36-42(27-32-17-10-20-35(38)43(32)44(31)36)45-40-22-8-6-18-33(40)34-19-7-9-23-41(34)45/h1-2,4,8-12,14,16-17,20-27H,3,5-7,13,15,18-19H2. The van der Waals surface area contributed by atoms with E-state index in [1.54, 1.807) is 11.1 Å². The lowest BCUT2D eigenvalue weighted by molar-refractivity contribution is 0.922. The molecule has 0 N–H and O–H groups in total. The lowest BCUT2D eigenvalue weighted by atomic mass is 9.82. The van der Waals surface area contributed by atoms with Crippen molar-refractivity contribution in [1.29, 1.82) is 0 Å². The van der Waals surface area contributed by atoms with Gasteiger partial charge in [-0.2, -0.15) is 0 Å². The van der Waals surface area contributed by atoms with Crippen LogP contribution in [0.5, 0.6) is 0 Å². The predicted molar refractivity (Wildman–Crippen MR) is 193 cm³/mol. The summed E-state index contributed by atoms with van der Waals surface area (Å²) in [4.78, 5) is 0. The zero-order valence-electron chi connectivity index (χ0n) is 25.6. The van der Waals surface area contributed by atoms with Crippen molar-refractivity contribution >= 4 is 56.1 Å². The SMILES string of the molecule is C1=CCCC(c2cc3c(cc2-c2cc4cccc5c(-n6c7c(c8c6C=CCC8)CCC=C7)cc6cccc2c6c45)CCC=C3)=C1. The molecule has 1 heteroatoms. The van der Waals surface area contributed by atoms with Crippen LogP contribution in [-0.2, 0) is 19.3 Å². The highest BCUT2D eigenvalue weighted by atomic mass is 15.0. The molecule has 0 fully saturated rings.